The highest BCUT2D eigenvalue weighted by Gasteiger charge is 2.21. The number of hydrogen-bond acceptors (Lipinski definition) is 6. The van der Waals surface area contributed by atoms with Crippen LogP contribution in [0.5, 0.6) is 0 Å². The molecule has 1 atom stereocenters. The summed E-state index contributed by atoms with van der Waals surface area (Å²) in [4.78, 5) is 36.4. The monoisotopic (exact) mass is 287 g/mol. The van der Waals surface area contributed by atoms with Gasteiger partial charge in [-0.2, -0.15) is 0 Å². The van der Waals surface area contributed by atoms with Crippen LogP contribution in [0.4, 0.5) is 5.69 Å². The zero-order valence-corrected chi connectivity index (χ0v) is 10.8. The molecule has 1 amide bonds. The van der Waals surface area contributed by atoms with E-state index < -0.39 is 22.8 Å². The third kappa shape index (κ3) is 3.62. The Bertz CT molecular complexity index is 534. The molecule has 19 heavy (non-hydrogen) atoms. The van der Waals surface area contributed by atoms with E-state index in [4.69, 9.17) is 11.6 Å². The van der Waals surface area contributed by atoms with E-state index in [2.05, 4.69) is 15.0 Å². The number of aromatic nitrogens is 1. The van der Waals surface area contributed by atoms with Crippen molar-refractivity contribution < 1.29 is 19.2 Å². The molecule has 0 aliphatic rings. The summed E-state index contributed by atoms with van der Waals surface area (Å²) in [5.74, 6) is -1.40. The van der Waals surface area contributed by atoms with Crippen molar-refractivity contribution in [1.29, 1.82) is 0 Å². The number of nitrogens with one attached hydrogen (secondary N) is 1. The lowest BCUT2D eigenvalue weighted by Gasteiger charge is -2.11. The van der Waals surface area contributed by atoms with E-state index in [9.17, 15) is 19.7 Å². The summed E-state index contributed by atoms with van der Waals surface area (Å²) in [6.07, 6.45) is 0.933. The molecule has 0 fully saturated rings. The highest BCUT2D eigenvalue weighted by atomic mass is 35.5. The molecule has 0 aliphatic carbocycles. The largest absolute Gasteiger partial charge is 0.467 e. The van der Waals surface area contributed by atoms with Crippen LogP contribution in [0, 0.1) is 10.1 Å². The van der Waals surface area contributed by atoms with Crippen molar-refractivity contribution >= 4 is 29.2 Å². The number of halogens is 1. The average Bonchev–Trinajstić information content (AvgIpc) is 2.37. The maximum atomic E-state index is 11.8. The lowest BCUT2D eigenvalue weighted by molar-refractivity contribution is -0.385. The summed E-state index contributed by atoms with van der Waals surface area (Å²) in [6, 6.07) is 0.0714. The van der Waals surface area contributed by atoms with Gasteiger partial charge >= 0.3 is 5.97 Å². The highest BCUT2D eigenvalue weighted by molar-refractivity contribution is 6.32. The van der Waals surface area contributed by atoms with E-state index in [1.54, 1.807) is 0 Å². The first kappa shape index (κ1) is 14.8. The van der Waals surface area contributed by atoms with Crippen molar-refractivity contribution in [3.63, 3.8) is 0 Å². The Hall–Kier alpha value is -2.22. The number of carbonyl (C=O) groups excluding carboxylic acids is 2. The first-order valence-corrected chi connectivity index (χ1v) is 5.43. The van der Waals surface area contributed by atoms with Crippen molar-refractivity contribution in [3.05, 3.63) is 33.1 Å². The van der Waals surface area contributed by atoms with Crippen LogP contribution in [0.1, 0.15) is 17.3 Å². The molecular weight excluding hydrogens is 278 g/mol. The van der Waals surface area contributed by atoms with Gasteiger partial charge in [-0.1, -0.05) is 11.6 Å². The number of amides is 1. The molecule has 1 N–H and O–H groups in total. The van der Waals surface area contributed by atoms with E-state index in [-0.39, 0.29) is 16.4 Å². The van der Waals surface area contributed by atoms with Gasteiger partial charge in [-0.05, 0) is 6.92 Å². The van der Waals surface area contributed by atoms with Crippen LogP contribution >= 0.6 is 11.6 Å². The van der Waals surface area contributed by atoms with Crippen LogP contribution in [0.3, 0.4) is 0 Å². The second kappa shape index (κ2) is 6.10. The average molecular weight is 288 g/mol. The maximum absolute atomic E-state index is 11.8. The summed E-state index contributed by atoms with van der Waals surface area (Å²) in [7, 11) is 1.17. The second-order valence-corrected chi connectivity index (χ2v) is 3.87. The summed E-state index contributed by atoms with van der Waals surface area (Å²) in [5, 5.41) is 12.7. The van der Waals surface area contributed by atoms with Crippen molar-refractivity contribution in [2.75, 3.05) is 7.11 Å². The predicted octanol–water partition coefficient (Wildman–Crippen LogP) is 0.934. The minimum atomic E-state index is -0.909. The van der Waals surface area contributed by atoms with Crippen molar-refractivity contribution in [2.24, 2.45) is 0 Å². The zero-order chi connectivity index (χ0) is 14.6. The van der Waals surface area contributed by atoms with Gasteiger partial charge in [0.2, 0.25) is 0 Å². The summed E-state index contributed by atoms with van der Waals surface area (Å²) < 4.78 is 4.43. The smallest absolute Gasteiger partial charge is 0.328 e. The fourth-order valence-corrected chi connectivity index (χ4v) is 1.40. The van der Waals surface area contributed by atoms with Crippen LogP contribution in [0.25, 0.3) is 0 Å². The van der Waals surface area contributed by atoms with Gasteiger partial charge in [0.05, 0.1) is 17.6 Å². The Morgan fingerprint density at radius 2 is 2.21 bits per heavy atom. The van der Waals surface area contributed by atoms with Crippen molar-refractivity contribution in [3.8, 4) is 0 Å². The quantitative estimate of drug-likeness (QED) is 0.382. The number of nitrogens with zero attached hydrogens (tertiary/aromatic N) is 2. The molecule has 1 aromatic heterocycles. The van der Waals surface area contributed by atoms with Gasteiger partial charge < -0.3 is 10.1 Å². The Morgan fingerprint density at radius 1 is 1.58 bits per heavy atom. The number of pyridine rings is 1. The van der Waals surface area contributed by atoms with E-state index in [1.165, 1.54) is 14.0 Å². The van der Waals surface area contributed by atoms with E-state index in [0.717, 1.165) is 12.3 Å². The van der Waals surface area contributed by atoms with Gasteiger partial charge in [0.15, 0.2) is 0 Å². The molecular formula is C10H10ClN3O5. The molecule has 0 radical (unpaired) electrons. The molecule has 8 nitrogen and oxygen atoms in total. The van der Waals surface area contributed by atoms with Crippen LogP contribution in [0.2, 0.25) is 5.15 Å². The number of carbonyl (C=O) groups is 2. The number of hydrogen-bond donors (Lipinski definition) is 1. The van der Waals surface area contributed by atoms with Gasteiger partial charge in [0.25, 0.3) is 11.6 Å². The van der Waals surface area contributed by atoms with Gasteiger partial charge in [-0.15, -0.1) is 0 Å². The SMILES string of the molecule is COC(=O)C(C)NC(=O)c1cc([N+](=O)[O-])cnc1Cl. The molecule has 0 spiro atoms. The third-order valence-corrected chi connectivity index (χ3v) is 2.48. The fraction of sp³-hybridized carbons (Fsp3) is 0.300. The first-order valence-electron chi connectivity index (χ1n) is 5.05. The topological polar surface area (TPSA) is 111 Å². The summed E-state index contributed by atoms with van der Waals surface area (Å²) in [6.45, 7) is 1.41. The standard InChI is InChI=1S/C10H10ClN3O5/c1-5(10(16)19-2)13-9(15)7-3-6(14(17)18)4-12-8(7)11/h3-5H,1-2H3,(H,13,15). The number of rotatable bonds is 4. The molecule has 1 rings (SSSR count). The molecule has 0 saturated carbocycles. The molecule has 0 aliphatic heterocycles. The molecule has 102 valence electrons. The molecule has 0 aromatic carbocycles. The van der Waals surface area contributed by atoms with Crippen LogP contribution < -0.4 is 5.32 Å². The van der Waals surface area contributed by atoms with Gasteiger partial charge in [-0.25, -0.2) is 9.78 Å². The molecule has 0 bridgehead atoms. The van der Waals surface area contributed by atoms with Crippen molar-refractivity contribution in [2.45, 2.75) is 13.0 Å². The number of nitro groups is 1. The Balaban J connectivity index is 2.96. The zero-order valence-electron chi connectivity index (χ0n) is 10.0. The Labute approximate surface area is 112 Å². The highest BCUT2D eigenvalue weighted by Crippen LogP contribution is 2.19. The molecule has 1 heterocycles. The maximum Gasteiger partial charge on any atom is 0.328 e. The molecule has 0 saturated heterocycles. The van der Waals surface area contributed by atoms with Crippen LogP contribution in [-0.2, 0) is 9.53 Å². The molecule has 1 unspecified atom stereocenters. The lowest BCUT2D eigenvalue weighted by Crippen LogP contribution is -2.39. The summed E-state index contributed by atoms with van der Waals surface area (Å²) in [5.41, 5.74) is -0.563. The number of methoxy groups -OCH3 is 1. The lowest BCUT2D eigenvalue weighted by atomic mass is 10.2. The van der Waals surface area contributed by atoms with Crippen LogP contribution in [0.15, 0.2) is 12.3 Å². The number of esters is 1. The predicted molar refractivity (Wildman–Crippen MR) is 64.8 cm³/mol. The van der Waals surface area contributed by atoms with E-state index >= 15 is 0 Å². The normalized spacial score (nSPS) is 11.5. The summed E-state index contributed by atoms with van der Waals surface area (Å²) >= 11 is 5.68. The molecule has 1 aromatic rings. The Kier molecular flexibility index (Phi) is 4.76. The van der Waals surface area contributed by atoms with E-state index in [1.807, 2.05) is 0 Å². The number of ether oxygens (including phenoxy) is 1. The van der Waals surface area contributed by atoms with Gasteiger partial charge in [0, 0.05) is 6.07 Å². The minimum Gasteiger partial charge on any atom is -0.467 e. The first-order chi connectivity index (χ1) is 8.86. The molecule has 9 heteroatoms. The van der Waals surface area contributed by atoms with Gasteiger partial charge in [0.1, 0.15) is 17.4 Å². The Morgan fingerprint density at radius 3 is 2.74 bits per heavy atom. The minimum absolute atomic E-state index is 0.188. The van der Waals surface area contributed by atoms with Crippen molar-refractivity contribution in [1.82, 2.24) is 10.3 Å². The van der Waals surface area contributed by atoms with Crippen LogP contribution in [-0.4, -0.2) is 34.9 Å². The second-order valence-electron chi connectivity index (χ2n) is 3.51. The fourth-order valence-electron chi connectivity index (χ4n) is 1.21. The van der Waals surface area contributed by atoms with Gasteiger partial charge in [-0.3, -0.25) is 14.9 Å². The third-order valence-electron chi connectivity index (χ3n) is 2.18. The van der Waals surface area contributed by atoms with E-state index in [0.29, 0.717) is 0 Å².